The Morgan fingerprint density at radius 2 is 1.97 bits per heavy atom. The number of likely N-dealkylation sites (tertiary alicyclic amines) is 1. The Morgan fingerprint density at radius 3 is 2.70 bits per heavy atom. The molecule has 0 aliphatic carbocycles. The van der Waals surface area contributed by atoms with Gasteiger partial charge >= 0.3 is 6.18 Å². The molecule has 9 nitrogen and oxygen atoms in total. The molecule has 2 fully saturated rings. The molecule has 0 unspecified atom stereocenters. The molecule has 3 heterocycles. The Morgan fingerprint density at radius 1 is 1.16 bits per heavy atom. The lowest BCUT2D eigenvalue weighted by molar-refractivity contribution is -0.137. The molecule has 12 heteroatoms. The van der Waals surface area contributed by atoms with Crippen molar-refractivity contribution in [3.63, 3.8) is 0 Å². The quantitative estimate of drug-likeness (QED) is 0.454. The van der Waals surface area contributed by atoms with Gasteiger partial charge < -0.3 is 25.0 Å². The highest BCUT2D eigenvalue weighted by Crippen LogP contribution is 2.35. The second-order valence-corrected chi connectivity index (χ2v) is 9.12. The van der Waals surface area contributed by atoms with E-state index in [1.165, 1.54) is 7.11 Å². The van der Waals surface area contributed by atoms with Gasteiger partial charge in [0.2, 0.25) is 11.9 Å². The molecule has 0 saturated carbocycles. The van der Waals surface area contributed by atoms with Crippen LogP contribution in [0.25, 0.3) is 0 Å². The van der Waals surface area contributed by atoms with Gasteiger partial charge in [0.15, 0.2) is 0 Å². The maximum absolute atomic E-state index is 13.6. The highest BCUT2D eigenvalue weighted by molar-refractivity contribution is 5.76. The molecule has 2 aliphatic rings. The average molecular weight is 523 g/mol. The van der Waals surface area contributed by atoms with Gasteiger partial charge in [-0.3, -0.25) is 9.69 Å². The maximum Gasteiger partial charge on any atom is 0.421 e. The lowest BCUT2D eigenvalue weighted by Crippen LogP contribution is -2.36. The third kappa shape index (κ3) is 7.45. The second-order valence-electron chi connectivity index (χ2n) is 9.12. The van der Waals surface area contributed by atoms with Crippen LogP contribution >= 0.6 is 0 Å². The van der Waals surface area contributed by atoms with E-state index in [4.69, 9.17) is 9.47 Å². The van der Waals surface area contributed by atoms with Crippen molar-refractivity contribution in [1.29, 1.82) is 0 Å². The summed E-state index contributed by atoms with van der Waals surface area (Å²) in [6, 6.07) is 5.65. The lowest BCUT2D eigenvalue weighted by Gasteiger charge is -2.27. The van der Waals surface area contributed by atoms with Crippen LogP contribution in [0.2, 0.25) is 0 Å². The molecule has 202 valence electrons. The molecule has 2 aromatic rings. The van der Waals surface area contributed by atoms with E-state index in [9.17, 15) is 18.0 Å². The van der Waals surface area contributed by atoms with E-state index >= 15 is 0 Å². The van der Waals surface area contributed by atoms with Crippen molar-refractivity contribution in [1.82, 2.24) is 19.8 Å². The van der Waals surface area contributed by atoms with Crippen LogP contribution in [0.15, 0.2) is 24.4 Å². The minimum Gasteiger partial charge on any atom is -0.495 e. The smallest absolute Gasteiger partial charge is 0.421 e. The predicted molar refractivity (Wildman–Crippen MR) is 133 cm³/mol. The molecule has 37 heavy (non-hydrogen) atoms. The number of nitrogens with one attached hydrogen (secondary N) is 2. The van der Waals surface area contributed by atoms with Gasteiger partial charge in [0.05, 0.1) is 26.0 Å². The van der Waals surface area contributed by atoms with E-state index < -0.39 is 11.7 Å². The number of hydrogen-bond acceptors (Lipinski definition) is 8. The normalized spacial score (nSPS) is 17.1. The first-order chi connectivity index (χ1) is 17.8. The van der Waals surface area contributed by atoms with E-state index in [0.717, 1.165) is 37.7 Å². The number of piperidine rings is 1. The van der Waals surface area contributed by atoms with Crippen molar-refractivity contribution in [3.05, 3.63) is 35.5 Å². The Bertz CT molecular complexity index is 1060. The number of benzene rings is 1. The first-order valence-corrected chi connectivity index (χ1v) is 12.5. The summed E-state index contributed by atoms with van der Waals surface area (Å²) in [5.74, 6) is 0.331. The number of morpholine rings is 1. The monoisotopic (exact) mass is 522 g/mol. The van der Waals surface area contributed by atoms with E-state index in [1.807, 2.05) is 18.2 Å². The third-order valence-corrected chi connectivity index (χ3v) is 6.43. The van der Waals surface area contributed by atoms with Gasteiger partial charge in [-0.05, 0) is 37.0 Å². The Labute approximate surface area is 214 Å². The van der Waals surface area contributed by atoms with Crippen molar-refractivity contribution >= 4 is 23.4 Å². The van der Waals surface area contributed by atoms with Crippen molar-refractivity contribution in [3.8, 4) is 5.75 Å². The summed E-state index contributed by atoms with van der Waals surface area (Å²) in [6.07, 6.45) is -0.957. The molecule has 1 amide bonds. The number of alkyl halides is 3. The molecular formula is C25H33F3N6O3. The number of rotatable bonds is 10. The van der Waals surface area contributed by atoms with E-state index in [1.54, 1.807) is 4.90 Å². The summed E-state index contributed by atoms with van der Waals surface area (Å²) in [4.78, 5) is 24.0. The minimum atomic E-state index is -4.61. The predicted octanol–water partition coefficient (Wildman–Crippen LogP) is 3.89. The van der Waals surface area contributed by atoms with Crippen molar-refractivity contribution < 1.29 is 27.4 Å². The number of hydrogen-bond donors (Lipinski definition) is 2. The van der Waals surface area contributed by atoms with Crippen LogP contribution in [0.1, 0.15) is 36.8 Å². The van der Waals surface area contributed by atoms with Crippen LogP contribution in [0, 0.1) is 0 Å². The number of carbonyl (C=O) groups excluding carboxylic acids is 1. The van der Waals surface area contributed by atoms with Gasteiger partial charge in [-0.2, -0.15) is 18.2 Å². The van der Waals surface area contributed by atoms with Crippen LogP contribution in [0.3, 0.4) is 0 Å². The van der Waals surface area contributed by atoms with Crippen molar-refractivity contribution in [2.45, 2.75) is 38.4 Å². The number of nitrogens with zero attached hydrogens (tertiary/aromatic N) is 4. The number of carbonyl (C=O) groups is 1. The summed E-state index contributed by atoms with van der Waals surface area (Å²) in [7, 11) is 1.52. The van der Waals surface area contributed by atoms with Crippen LogP contribution in [-0.2, 0) is 22.3 Å². The number of halogens is 3. The molecule has 0 bridgehead atoms. The van der Waals surface area contributed by atoms with Crippen molar-refractivity contribution in [2.24, 2.45) is 0 Å². The molecule has 4 rings (SSSR count). The SMILES string of the molecule is COc1ccc(CN2CCOCC2)cc1Nc1ncc(C(F)(F)F)c(NCCCN2CCCCC2=O)n1. The number of aromatic nitrogens is 2. The first-order valence-electron chi connectivity index (χ1n) is 12.5. The largest absolute Gasteiger partial charge is 0.495 e. The van der Waals surface area contributed by atoms with E-state index in [-0.39, 0.29) is 24.2 Å². The minimum absolute atomic E-state index is 0.0172. The molecule has 0 atom stereocenters. The zero-order chi connectivity index (χ0) is 26.3. The number of anilines is 3. The topological polar surface area (TPSA) is 91.9 Å². The lowest BCUT2D eigenvalue weighted by atomic mass is 10.1. The van der Waals surface area contributed by atoms with Crippen LogP contribution in [0.5, 0.6) is 5.75 Å². The van der Waals surface area contributed by atoms with Crippen molar-refractivity contribution in [2.75, 3.05) is 63.7 Å². The molecule has 1 aromatic carbocycles. The maximum atomic E-state index is 13.6. The number of ether oxygens (including phenoxy) is 2. The van der Waals surface area contributed by atoms with Gasteiger partial charge in [-0.25, -0.2) is 4.98 Å². The summed E-state index contributed by atoms with van der Waals surface area (Å²) in [5.41, 5.74) is 0.630. The highest BCUT2D eigenvalue weighted by Gasteiger charge is 2.35. The fraction of sp³-hybridized carbons (Fsp3) is 0.560. The zero-order valence-corrected chi connectivity index (χ0v) is 20.9. The van der Waals surface area contributed by atoms with E-state index in [2.05, 4.69) is 25.5 Å². The van der Waals surface area contributed by atoms with Gasteiger partial charge in [0, 0.05) is 51.9 Å². The Kier molecular flexibility index (Phi) is 9.04. The molecule has 0 spiro atoms. The molecule has 1 aromatic heterocycles. The highest BCUT2D eigenvalue weighted by atomic mass is 19.4. The van der Waals surface area contributed by atoms with Crippen LogP contribution in [0.4, 0.5) is 30.6 Å². The standard InChI is InChI=1S/C25H33F3N6O3/c1-36-21-7-6-18(17-33-11-13-37-14-12-33)15-20(21)31-24-30-16-19(25(26,27)28)23(32-24)29-8-4-10-34-9-3-2-5-22(34)35/h6-7,15-16H,2-5,8-14,17H2,1H3,(H2,29,30,31,32). The Balaban J connectivity index is 1.46. The van der Waals surface area contributed by atoms with Gasteiger partial charge in [-0.15, -0.1) is 0 Å². The summed E-state index contributed by atoms with van der Waals surface area (Å²) < 4.78 is 51.7. The van der Waals surface area contributed by atoms with Gasteiger partial charge in [0.1, 0.15) is 17.1 Å². The molecule has 2 saturated heterocycles. The zero-order valence-electron chi connectivity index (χ0n) is 20.9. The first kappa shape index (κ1) is 26.9. The summed E-state index contributed by atoms with van der Waals surface area (Å²) in [6.45, 7) is 5.17. The third-order valence-electron chi connectivity index (χ3n) is 6.43. The number of amides is 1. The number of methoxy groups -OCH3 is 1. The molecule has 0 radical (unpaired) electrons. The molecular weight excluding hydrogens is 489 g/mol. The molecule has 2 N–H and O–H groups in total. The second kappa shape index (κ2) is 12.4. The van der Waals surface area contributed by atoms with E-state index in [0.29, 0.717) is 57.1 Å². The average Bonchev–Trinajstić information content (AvgIpc) is 2.88. The van der Waals surface area contributed by atoms with Gasteiger partial charge in [-0.1, -0.05) is 6.07 Å². The van der Waals surface area contributed by atoms with Crippen LogP contribution in [-0.4, -0.2) is 78.7 Å². The fourth-order valence-corrected chi connectivity index (χ4v) is 4.45. The fourth-order valence-electron chi connectivity index (χ4n) is 4.45. The summed E-state index contributed by atoms with van der Waals surface area (Å²) in [5, 5.41) is 5.81. The summed E-state index contributed by atoms with van der Waals surface area (Å²) >= 11 is 0. The van der Waals surface area contributed by atoms with Gasteiger partial charge in [0.25, 0.3) is 0 Å². The van der Waals surface area contributed by atoms with Crippen LogP contribution < -0.4 is 15.4 Å². The Hall–Kier alpha value is -3.12. The molecule has 2 aliphatic heterocycles.